The Bertz CT molecular complexity index is 377. The Morgan fingerprint density at radius 2 is 2.44 bits per heavy atom. The van der Waals surface area contributed by atoms with Gasteiger partial charge in [0.15, 0.2) is 0 Å². The molecule has 0 bridgehead atoms. The highest BCUT2D eigenvalue weighted by atomic mass is 16.3. The Kier molecular flexibility index (Phi) is 3.05. The average Bonchev–Trinajstić information content (AvgIpc) is 2.33. The number of anilines is 1. The molecule has 1 aliphatic rings. The summed E-state index contributed by atoms with van der Waals surface area (Å²) in [6.45, 7) is 3.25. The lowest BCUT2D eigenvalue weighted by atomic mass is 10.2. The van der Waals surface area contributed by atoms with Crippen molar-refractivity contribution in [3.8, 4) is 0 Å². The summed E-state index contributed by atoms with van der Waals surface area (Å²) < 4.78 is 0. The van der Waals surface area contributed by atoms with E-state index in [2.05, 4.69) is 10.3 Å². The van der Waals surface area contributed by atoms with Gasteiger partial charge >= 0.3 is 0 Å². The van der Waals surface area contributed by atoms with Crippen LogP contribution in [0.3, 0.4) is 0 Å². The molecular weight excluding hydrogens is 206 g/mol. The Balaban J connectivity index is 2.19. The first-order chi connectivity index (χ1) is 7.72. The largest absolute Gasteiger partial charge is 0.392 e. The number of pyridine rings is 1. The molecule has 5 nitrogen and oxygen atoms in total. The number of hydrogen-bond acceptors (Lipinski definition) is 4. The van der Waals surface area contributed by atoms with Crippen molar-refractivity contribution in [1.82, 2.24) is 10.3 Å². The summed E-state index contributed by atoms with van der Waals surface area (Å²) in [4.78, 5) is 17.7. The molecule has 2 heterocycles. The van der Waals surface area contributed by atoms with Crippen LogP contribution in [0.4, 0.5) is 5.82 Å². The van der Waals surface area contributed by atoms with Crippen LogP contribution in [0.15, 0.2) is 18.3 Å². The SMILES string of the molecule is CC1C(=O)NCCN1c1ccc(CO)cn1. The lowest BCUT2D eigenvalue weighted by Crippen LogP contribution is -2.54. The Morgan fingerprint density at radius 1 is 1.62 bits per heavy atom. The number of carbonyl (C=O) groups excluding carboxylic acids is 1. The van der Waals surface area contributed by atoms with Gasteiger partial charge in [0.25, 0.3) is 0 Å². The topological polar surface area (TPSA) is 65.5 Å². The molecule has 1 saturated heterocycles. The van der Waals surface area contributed by atoms with Gasteiger partial charge in [0.05, 0.1) is 6.61 Å². The van der Waals surface area contributed by atoms with Crippen molar-refractivity contribution >= 4 is 11.7 Å². The molecule has 0 aromatic carbocycles. The third-order valence-electron chi connectivity index (χ3n) is 2.78. The van der Waals surface area contributed by atoms with Gasteiger partial charge in [0.2, 0.25) is 5.91 Å². The van der Waals surface area contributed by atoms with Crippen molar-refractivity contribution in [1.29, 1.82) is 0 Å². The molecule has 1 aliphatic heterocycles. The first-order valence-corrected chi connectivity index (χ1v) is 5.32. The van der Waals surface area contributed by atoms with Gasteiger partial charge in [0, 0.05) is 19.3 Å². The van der Waals surface area contributed by atoms with Crippen LogP contribution in [0.1, 0.15) is 12.5 Å². The van der Waals surface area contributed by atoms with E-state index in [1.54, 1.807) is 6.20 Å². The summed E-state index contributed by atoms with van der Waals surface area (Å²) in [6, 6.07) is 3.46. The third kappa shape index (κ3) is 1.99. The number of piperazine rings is 1. The van der Waals surface area contributed by atoms with E-state index >= 15 is 0 Å². The van der Waals surface area contributed by atoms with E-state index in [1.165, 1.54) is 0 Å². The van der Waals surface area contributed by atoms with Crippen molar-refractivity contribution in [3.05, 3.63) is 23.9 Å². The van der Waals surface area contributed by atoms with Gasteiger partial charge in [-0.1, -0.05) is 6.07 Å². The lowest BCUT2D eigenvalue weighted by molar-refractivity contribution is -0.122. The second-order valence-electron chi connectivity index (χ2n) is 3.84. The summed E-state index contributed by atoms with van der Waals surface area (Å²) in [5.74, 6) is 0.804. The number of aromatic nitrogens is 1. The highest BCUT2D eigenvalue weighted by Crippen LogP contribution is 2.16. The van der Waals surface area contributed by atoms with Crippen LogP contribution in [0, 0.1) is 0 Å². The quantitative estimate of drug-likeness (QED) is 0.732. The van der Waals surface area contributed by atoms with Crippen LogP contribution in [-0.4, -0.2) is 35.1 Å². The van der Waals surface area contributed by atoms with Gasteiger partial charge < -0.3 is 15.3 Å². The second-order valence-corrected chi connectivity index (χ2v) is 3.84. The van der Waals surface area contributed by atoms with Gasteiger partial charge in [-0.25, -0.2) is 4.98 Å². The summed E-state index contributed by atoms with van der Waals surface area (Å²) >= 11 is 0. The molecule has 1 amide bonds. The molecule has 1 unspecified atom stereocenters. The fraction of sp³-hybridized carbons (Fsp3) is 0.455. The van der Waals surface area contributed by atoms with E-state index in [4.69, 9.17) is 5.11 Å². The van der Waals surface area contributed by atoms with E-state index < -0.39 is 0 Å². The second kappa shape index (κ2) is 4.49. The molecule has 86 valence electrons. The first-order valence-electron chi connectivity index (χ1n) is 5.32. The lowest BCUT2D eigenvalue weighted by Gasteiger charge is -2.33. The monoisotopic (exact) mass is 221 g/mol. The van der Waals surface area contributed by atoms with E-state index in [-0.39, 0.29) is 18.6 Å². The van der Waals surface area contributed by atoms with Crippen LogP contribution in [0.25, 0.3) is 0 Å². The van der Waals surface area contributed by atoms with E-state index in [0.717, 1.165) is 17.9 Å². The number of aliphatic hydroxyl groups is 1. The van der Waals surface area contributed by atoms with Crippen LogP contribution >= 0.6 is 0 Å². The van der Waals surface area contributed by atoms with Crippen LogP contribution in [0.2, 0.25) is 0 Å². The molecule has 1 aromatic rings. The molecule has 5 heteroatoms. The van der Waals surface area contributed by atoms with Crippen molar-refractivity contribution < 1.29 is 9.90 Å². The van der Waals surface area contributed by atoms with Gasteiger partial charge in [-0.2, -0.15) is 0 Å². The molecule has 0 saturated carbocycles. The zero-order valence-corrected chi connectivity index (χ0v) is 9.18. The van der Waals surface area contributed by atoms with Gasteiger partial charge in [0.1, 0.15) is 11.9 Å². The predicted molar refractivity (Wildman–Crippen MR) is 60.0 cm³/mol. The first kappa shape index (κ1) is 10.9. The van der Waals surface area contributed by atoms with Crippen LogP contribution in [-0.2, 0) is 11.4 Å². The Labute approximate surface area is 94.1 Å². The number of nitrogens with zero attached hydrogens (tertiary/aromatic N) is 2. The number of nitrogens with one attached hydrogen (secondary N) is 1. The summed E-state index contributed by atoms with van der Waals surface area (Å²) in [7, 11) is 0. The minimum atomic E-state index is -0.193. The number of carbonyl (C=O) groups is 1. The van der Waals surface area contributed by atoms with Gasteiger partial charge in [-0.05, 0) is 18.6 Å². The molecule has 16 heavy (non-hydrogen) atoms. The maximum atomic E-state index is 11.5. The summed E-state index contributed by atoms with van der Waals surface area (Å²) in [5.41, 5.74) is 0.776. The van der Waals surface area contributed by atoms with E-state index in [0.29, 0.717) is 6.54 Å². The minimum absolute atomic E-state index is 0.0106. The zero-order chi connectivity index (χ0) is 11.5. The number of hydrogen-bond donors (Lipinski definition) is 2. The highest BCUT2D eigenvalue weighted by molar-refractivity contribution is 5.85. The minimum Gasteiger partial charge on any atom is -0.392 e. The number of rotatable bonds is 2. The summed E-state index contributed by atoms with van der Waals surface area (Å²) in [6.07, 6.45) is 1.63. The van der Waals surface area contributed by atoms with Gasteiger partial charge in [-0.3, -0.25) is 4.79 Å². The zero-order valence-electron chi connectivity index (χ0n) is 9.18. The normalized spacial score (nSPS) is 20.8. The average molecular weight is 221 g/mol. The molecule has 1 aromatic heterocycles. The van der Waals surface area contributed by atoms with E-state index in [9.17, 15) is 4.79 Å². The molecule has 0 spiro atoms. The molecule has 1 atom stereocenters. The fourth-order valence-corrected chi connectivity index (χ4v) is 1.78. The number of aliphatic hydroxyl groups excluding tert-OH is 1. The predicted octanol–water partition coefficient (Wildman–Crippen LogP) is -0.101. The smallest absolute Gasteiger partial charge is 0.242 e. The van der Waals surface area contributed by atoms with Crippen molar-refractivity contribution in [2.45, 2.75) is 19.6 Å². The fourth-order valence-electron chi connectivity index (χ4n) is 1.78. The maximum absolute atomic E-state index is 11.5. The van der Waals surface area contributed by atoms with Gasteiger partial charge in [-0.15, -0.1) is 0 Å². The standard InChI is InChI=1S/C11H15N3O2/c1-8-11(16)12-4-5-14(8)10-3-2-9(7-15)6-13-10/h2-3,6,8,15H,4-5,7H2,1H3,(H,12,16). The van der Waals surface area contributed by atoms with Crippen LogP contribution < -0.4 is 10.2 Å². The Hall–Kier alpha value is -1.62. The third-order valence-corrected chi connectivity index (χ3v) is 2.78. The number of amides is 1. The van der Waals surface area contributed by atoms with Crippen molar-refractivity contribution in [2.75, 3.05) is 18.0 Å². The van der Waals surface area contributed by atoms with E-state index in [1.807, 2.05) is 24.0 Å². The molecule has 0 radical (unpaired) electrons. The molecule has 0 aliphatic carbocycles. The van der Waals surface area contributed by atoms with Crippen molar-refractivity contribution in [2.24, 2.45) is 0 Å². The molecular formula is C11H15N3O2. The summed E-state index contributed by atoms with van der Waals surface area (Å²) in [5, 5.41) is 11.7. The Morgan fingerprint density at radius 3 is 3.06 bits per heavy atom. The molecule has 2 N–H and O–H groups in total. The van der Waals surface area contributed by atoms with Crippen LogP contribution in [0.5, 0.6) is 0 Å². The molecule has 1 fully saturated rings. The molecule has 2 rings (SSSR count). The van der Waals surface area contributed by atoms with Crippen molar-refractivity contribution in [3.63, 3.8) is 0 Å². The highest BCUT2D eigenvalue weighted by Gasteiger charge is 2.26. The maximum Gasteiger partial charge on any atom is 0.242 e.